The van der Waals surface area contributed by atoms with Gasteiger partial charge in [0.25, 0.3) is 0 Å². The van der Waals surface area contributed by atoms with E-state index in [4.69, 9.17) is 16.1 Å². The number of hydrogen-bond donors (Lipinski definition) is 2. The molecule has 0 atom stereocenters. The van der Waals surface area contributed by atoms with Gasteiger partial charge < -0.3 is 15.2 Å². The summed E-state index contributed by atoms with van der Waals surface area (Å²) in [4.78, 5) is 4.36. The second-order valence-corrected chi connectivity index (χ2v) is 7.24. The van der Waals surface area contributed by atoms with Crippen molar-refractivity contribution in [3.8, 4) is 0 Å². The van der Waals surface area contributed by atoms with Crippen LogP contribution in [0.3, 0.4) is 0 Å². The van der Waals surface area contributed by atoms with Crippen LogP contribution in [0.5, 0.6) is 0 Å². The summed E-state index contributed by atoms with van der Waals surface area (Å²) in [6, 6.07) is 8.19. The molecular formula is C20H28ClIN4O. The molecule has 3 rings (SSSR count). The lowest BCUT2D eigenvalue weighted by molar-refractivity contribution is 0.380. The molecule has 0 spiro atoms. The van der Waals surface area contributed by atoms with Crippen molar-refractivity contribution in [2.45, 2.75) is 51.5 Å². The maximum atomic E-state index is 6.01. The summed E-state index contributed by atoms with van der Waals surface area (Å²) in [5, 5.41) is 11.8. The highest BCUT2D eigenvalue weighted by atomic mass is 127. The van der Waals surface area contributed by atoms with Gasteiger partial charge in [0.15, 0.2) is 5.96 Å². The standard InChI is InChI=1S/C20H27ClN4O.HI/c1-4-17-16(18(5-2)26-25-17)12-23-19(22-3)24-13-20(10-11-20)14-6-8-15(21)9-7-14;/h6-9H,4-5,10-13H2,1-3H3,(H2,22,23,24);1H. The average molecular weight is 503 g/mol. The van der Waals surface area contributed by atoms with Gasteiger partial charge in [-0.15, -0.1) is 24.0 Å². The molecule has 1 aromatic heterocycles. The quantitative estimate of drug-likeness (QED) is 0.333. The fourth-order valence-electron chi connectivity index (χ4n) is 3.31. The molecule has 1 saturated carbocycles. The average Bonchev–Trinajstić information content (AvgIpc) is 3.35. The zero-order chi connectivity index (χ0) is 18.6. The van der Waals surface area contributed by atoms with Crippen LogP contribution in [0.15, 0.2) is 33.8 Å². The van der Waals surface area contributed by atoms with Crippen LogP contribution in [0.4, 0.5) is 0 Å². The number of guanidine groups is 1. The Balaban J connectivity index is 0.00000261. The van der Waals surface area contributed by atoms with Gasteiger partial charge in [0.1, 0.15) is 5.76 Å². The third kappa shape index (κ3) is 5.16. The first kappa shape index (κ1) is 22.0. The Morgan fingerprint density at radius 3 is 2.44 bits per heavy atom. The zero-order valence-corrected chi connectivity index (χ0v) is 19.2. The monoisotopic (exact) mass is 502 g/mol. The van der Waals surface area contributed by atoms with Crippen LogP contribution in [0, 0.1) is 0 Å². The van der Waals surface area contributed by atoms with Crippen LogP contribution in [0.25, 0.3) is 0 Å². The molecule has 7 heteroatoms. The van der Waals surface area contributed by atoms with Crippen molar-refractivity contribution in [1.29, 1.82) is 0 Å². The molecule has 0 saturated heterocycles. The molecule has 0 aliphatic heterocycles. The predicted octanol–water partition coefficient (Wildman–Crippen LogP) is 4.47. The molecule has 1 heterocycles. The van der Waals surface area contributed by atoms with Crippen molar-refractivity contribution in [3.63, 3.8) is 0 Å². The molecule has 0 bridgehead atoms. The summed E-state index contributed by atoms with van der Waals surface area (Å²) in [5.41, 5.74) is 3.70. The molecule has 0 unspecified atom stereocenters. The molecule has 1 aromatic carbocycles. The minimum atomic E-state index is 0. The second kappa shape index (κ2) is 9.78. The molecule has 1 aliphatic carbocycles. The number of aryl methyl sites for hydroxylation is 2. The van der Waals surface area contributed by atoms with E-state index in [1.54, 1.807) is 7.05 Å². The highest BCUT2D eigenvalue weighted by Crippen LogP contribution is 2.47. The smallest absolute Gasteiger partial charge is 0.191 e. The topological polar surface area (TPSA) is 62.5 Å². The molecular weight excluding hydrogens is 475 g/mol. The van der Waals surface area contributed by atoms with E-state index in [1.807, 2.05) is 12.1 Å². The van der Waals surface area contributed by atoms with Gasteiger partial charge >= 0.3 is 0 Å². The first-order chi connectivity index (χ1) is 12.6. The van der Waals surface area contributed by atoms with Gasteiger partial charge in [-0.25, -0.2) is 0 Å². The Labute approximate surface area is 183 Å². The number of halogens is 2. The molecule has 148 valence electrons. The summed E-state index contributed by atoms with van der Waals surface area (Å²) < 4.78 is 5.43. The summed E-state index contributed by atoms with van der Waals surface area (Å²) in [5.74, 6) is 1.75. The Morgan fingerprint density at radius 2 is 1.89 bits per heavy atom. The van der Waals surface area contributed by atoms with E-state index < -0.39 is 0 Å². The van der Waals surface area contributed by atoms with E-state index in [-0.39, 0.29) is 29.4 Å². The van der Waals surface area contributed by atoms with Gasteiger partial charge in [-0.05, 0) is 37.0 Å². The third-order valence-electron chi connectivity index (χ3n) is 5.17. The molecule has 0 radical (unpaired) electrons. The van der Waals surface area contributed by atoms with Crippen LogP contribution in [-0.4, -0.2) is 24.7 Å². The number of nitrogens with zero attached hydrogens (tertiary/aromatic N) is 2. The molecule has 1 aliphatic rings. The Bertz CT molecular complexity index is 747. The molecule has 5 nitrogen and oxygen atoms in total. The summed E-state index contributed by atoms with van der Waals surface area (Å²) in [6.45, 7) is 5.71. The van der Waals surface area contributed by atoms with Crippen molar-refractivity contribution in [2.24, 2.45) is 4.99 Å². The minimum absolute atomic E-state index is 0. The minimum Gasteiger partial charge on any atom is -0.361 e. The fraction of sp³-hybridized carbons (Fsp3) is 0.500. The van der Waals surface area contributed by atoms with Crippen LogP contribution < -0.4 is 10.6 Å². The molecule has 1 fully saturated rings. The highest BCUT2D eigenvalue weighted by molar-refractivity contribution is 14.0. The third-order valence-corrected chi connectivity index (χ3v) is 5.42. The van der Waals surface area contributed by atoms with E-state index in [0.29, 0.717) is 6.54 Å². The second-order valence-electron chi connectivity index (χ2n) is 6.80. The van der Waals surface area contributed by atoms with Crippen LogP contribution in [-0.2, 0) is 24.8 Å². The lowest BCUT2D eigenvalue weighted by Gasteiger charge is -2.19. The van der Waals surface area contributed by atoms with Gasteiger partial charge in [0, 0.05) is 42.6 Å². The normalized spacial score (nSPS) is 15.2. The van der Waals surface area contributed by atoms with Crippen molar-refractivity contribution in [1.82, 2.24) is 15.8 Å². The van der Waals surface area contributed by atoms with Crippen LogP contribution >= 0.6 is 35.6 Å². The van der Waals surface area contributed by atoms with Gasteiger partial charge in [-0.2, -0.15) is 0 Å². The van der Waals surface area contributed by atoms with Crippen molar-refractivity contribution in [2.75, 3.05) is 13.6 Å². The van der Waals surface area contributed by atoms with Gasteiger partial charge in [-0.1, -0.05) is 42.7 Å². The van der Waals surface area contributed by atoms with E-state index in [1.165, 1.54) is 18.4 Å². The van der Waals surface area contributed by atoms with Crippen LogP contribution in [0.2, 0.25) is 5.02 Å². The van der Waals surface area contributed by atoms with E-state index >= 15 is 0 Å². The highest BCUT2D eigenvalue weighted by Gasteiger charge is 2.44. The van der Waals surface area contributed by atoms with E-state index in [0.717, 1.165) is 47.4 Å². The SMILES string of the molecule is CCc1noc(CC)c1CNC(=NC)NCC1(c2ccc(Cl)cc2)CC1.I. The lowest BCUT2D eigenvalue weighted by atomic mass is 9.96. The van der Waals surface area contributed by atoms with E-state index in [9.17, 15) is 0 Å². The van der Waals surface area contributed by atoms with E-state index in [2.05, 4.69) is 46.8 Å². The Kier molecular flexibility index (Phi) is 7.97. The summed E-state index contributed by atoms with van der Waals surface area (Å²) >= 11 is 6.01. The number of aliphatic imine (C=N–C) groups is 1. The number of rotatable bonds is 7. The Morgan fingerprint density at radius 1 is 1.19 bits per heavy atom. The fourth-order valence-corrected chi connectivity index (χ4v) is 3.43. The van der Waals surface area contributed by atoms with Crippen molar-refractivity contribution < 1.29 is 4.52 Å². The number of aromatic nitrogens is 1. The number of hydrogen-bond acceptors (Lipinski definition) is 3. The van der Waals surface area contributed by atoms with Gasteiger partial charge in [0.05, 0.1) is 5.69 Å². The molecule has 27 heavy (non-hydrogen) atoms. The van der Waals surface area contributed by atoms with Crippen LogP contribution in [0.1, 0.15) is 49.3 Å². The van der Waals surface area contributed by atoms with Gasteiger partial charge in [0.2, 0.25) is 0 Å². The first-order valence-corrected chi connectivity index (χ1v) is 9.66. The summed E-state index contributed by atoms with van der Waals surface area (Å²) in [6.07, 6.45) is 4.08. The maximum absolute atomic E-state index is 6.01. The number of benzene rings is 1. The molecule has 2 aromatic rings. The zero-order valence-electron chi connectivity index (χ0n) is 16.1. The van der Waals surface area contributed by atoms with Crippen molar-refractivity contribution in [3.05, 3.63) is 51.9 Å². The largest absolute Gasteiger partial charge is 0.361 e. The lowest BCUT2D eigenvalue weighted by Crippen LogP contribution is -2.41. The molecule has 0 amide bonds. The maximum Gasteiger partial charge on any atom is 0.191 e. The molecule has 2 N–H and O–H groups in total. The predicted molar refractivity (Wildman–Crippen MR) is 121 cm³/mol. The van der Waals surface area contributed by atoms with Crippen molar-refractivity contribution >= 4 is 41.5 Å². The first-order valence-electron chi connectivity index (χ1n) is 9.28. The summed E-state index contributed by atoms with van der Waals surface area (Å²) in [7, 11) is 1.80. The Hall–Kier alpha value is -1.28. The van der Waals surface area contributed by atoms with Gasteiger partial charge in [-0.3, -0.25) is 4.99 Å². The number of nitrogens with one attached hydrogen (secondary N) is 2.